The van der Waals surface area contributed by atoms with E-state index in [9.17, 15) is 9.18 Å². The Morgan fingerprint density at radius 1 is 1.19 bits per heavy atom. The van der Waals surface area contributed by atoms with Gasteiger partial charge in [0.1, 0.15) is 18.2 Å². The summed E-state index contributed by atoms with van der Waals surface area (Å²) in [5, 5.41) is 7.03. The Morgan fingerprint density at radius 3 is 2.71 bits per heavy atom. The van der Waals surface area contributed by atoms with Gasteiger partial charge in [0.05, 0.1) is 10.7 Å². The first kappa shape index (κ1) is 21.3. The fourth-order valence-corrected chi connectivity index (χ4v) is 3.82. The van der Waals surface area contributed by atoms with Crippen molar-refractivity contribution in [3.05, 3.63) is 65.1 Å². The third-order valence-electron chi connectivity index (χ3n) is 5.38. The average Bonchev–Trinajstić information content (AvgIpc) is 3.42. The van der Waals surface area contributed by atoms with E-state index in [0.29, 0.717) is 12.3 Å². The molecule has 0 unspecified atom stereocenters. The van der Waals surface area contributed by atoms with E-state index in [1.165, 1.54) is 25.0 Å². The topological polar surface area (TPSA) is 59.4 Å². The van der Waals surface area contributed by atoms with Gasteiger partial charge in [-0.3, -0.25) is 14.4 Å². The molecular formula is C23H24ClFN4O2. The predicted molar refractivity (Wildman–Crippen MR) is 119 cm³/mol. The summed E-state index contributed by atoms with van der Waals surface area (Å²) in [6.07, 6.45) is 4.20. The van der Waals surface area contributed by atoms with Crippen molar-refractivity contribution in [2.45, 2.75) is 12.8 Å². The summed E-state index contributed by atoms with van der Waals surface area (Å²) in [6.45, 7) is 3.70. The summed E-state index contributed by atoms with van der Waals surface area (Å²) in [7, 11) is 1.85. The molecule has 0 bridgehead atoms. The Balaban J connectivity index is 1.54. The maximum atomic E-state index is 13.7. The third kappa shape index (κ3) is 5.06. The Morgan fingerprint density at radius 2 is 2.00 bits per heavy atom. The number of benzene rings is 2. The predicted octanol–water partition coefficient (Wildman–Crippen LogP) is 4.61. The summed E-state index contributed by atoms with van der Waals surface area (Å²) in [5.41, 5.74) is 2.45. The molecule has 6 nitrogen and oxygen atoms in total. The number of hydrogen-bond donors (Lipinski definition) is 1. The molecule has 3 aromatic rings. The molecule has 1 aliphatic rings. The molecular weight excluding hydrogens is 419 g/mol. The van der Waals surface area contributed by atoms with Gasteiger partial charge in [-0.1, -0.05) is 11.6 Å². The number of hydrogen-bond acceptors (Lipinski definition) is 4. The zero-order chi connectivity index (χ0) is 21.8. The van der Waals surface area contributed by atoms with Crippen molar-refractivity contribution in [3.63, 3.8) is 0 Å². The number of carbonyl (C=O) groups is 1. The SMILES string of the molecule is Cn1nccc1-c1cc(NC(=O)c2ccc(Cl)c(F)c2)ccc1OCCN1CCCC1. The lowest BCUT2D eigenvalue weighted by Crippen LogP contribution is -2.25. The summed E-state index contributed by atoms with van der Waals surface area (Å²) < 4.78 is 21.6. The van der Waals surface area contributed by atoms with E-state index in [-0.39, 0.29) is 10.6 Å². The molecule has 0 saturated carbocycles. The van der Waals surface area contributed by atoms with Crippen LogP contribution in [0.2, 0.25) is 5.02 Å². The van der Waals surface area contributed by atoms with Gasteiger partial charge >= 0.3 is 0 Å². The number of aryl methyl sites for hydroxylation is 1. The molecule has 1 N–H and O–H groups in total. The largest absolute Gasteiger partial charge is 0.492 e. The molecule has 1 saturated heterocycles. The van der Waals surface area contributed by atoms with Crippen LogP contribution in [0, 0.1) is 5.82 Å². The minimum atomic E-state index is -0.633. The molecule has 0 radical (unpaired) electrons. The van der Waals surface area contributed by atoms with Crippen molar-refractivity contribution >= 4 is 23.2 Å². The van der Waals surface area contributed by atoms with Gasteiger partial charge in [0.2, 0.25) is 0 Å². The molecule has 0 spiro atoms. The smallest absolute Gasteiger partial charge is 0.255 e. The molecule has 8 heteroatoms. The first-order valence-corrected chi connectivity index (χ1v) is 10.6. The molecule has 31 heavy (non-hydrogen) atoms. The van der Waals surface area contributed by atoms with Crippen LogP contribution in [0.5, 0.6) is 5.75 Å². The number of rotatable bonds is 7. The molecule has 1 aromatic heterocycles. The Kier molecular flexibility index (Phi) is 6.53. The normalized spacial score (nSPS) is 14.0. The van der Waals surface area contributed by atoms with Gasteiger partial charge in [0.15, 0.2) is 0 Å². The molecule has 1 fully saturated rings. The highest BCUT2D eigenvalue weighted by atomic mass is 35.5. The fraction of sp³-hybridized carbons (Fsp3) is 0.304. The highest BCUT2D eigenvalue weighted by Gasteiger charge is 2.16. The van der Waals surface area contributed by atoms with Crippen LogP contribution in [0.25, 0.3) is 11.3 Å². The van der Waals surface area contributed by atoms with E-state index in [2.05, 4.69) is 15.3 Å². The van der Waals surface area contributed by atoms with Crippen LogP contribution >= 0.6 is 11.6 Å². The Hall–Kier alpha value is -2.90. The van der Waals surface area contributed by atoms with Crippen LogP contribution in [0.3, 0.4) is 0 Å². The maximum Gasteiger partial charge on any atom is 0.255 e. The van der Waals surface area contributed by atoms with Crippen molar-refractivity contribution in [2.75, 3.05) is 31.6 Å². The van der Waals surface area contributed by atoms with Crippen molar-refractivity contribution in [2.24, 2.45) is 7.05 Å². The van der Waals surface area contributed by atoms with Crippen molar-refractivity contribution in [3.8, 4) is 17.0 Å². The second-order valence-electron chi connectivity index (χ2n) is 7.53. The highest BCUT2D eigenvalue weighted by molar-refractivity contribution is 6.30. The summed E-state index contributed by atoms with van der Waals surface area (Å²) in [5.74, 6) is -0.334. The van der Waals surface area contributed by atoms with Crippen LogP contribution in [0.1, 0.15) is 23.2 Å². The van der Waals surface area contributed by atoms with Gasteiger partial charge in [0.25, 0.3) is 5.91 Å². The monoisotopic (exact) mass is 442 g/mol. The second-order valence-corrected chi connectivity index (χ2v) is 7.94. The molecule has 1 aliphatic heterocycles. The standard InChI is InChI=1S/C23H24ClFN4O2/c1-28-21(8-9-26-28)18-15-17(27-23(30)16-4-6-19(24)20(25)14-16)5-7-22(18)31-13-12-29-10-2-3-11-29/h4-9,14-15H,2-3,10-13H2,1H3,(H,27,30). The minimum absolute atomic E-state index is 0.0227. The van der Waals surface area contributed by atoms with Crippen LogP contribution in [0.15, 0.2) is 48.7 Å². The minimum Gasteiger partial charge on any atom is -0.492 e. The van der Waals surface area contributed by atoms with Gasteiger partial charge in [-0.05, 0) is 68.4 Å². The van der Waals surface area contributed by atoms with E-state index >= 15 is 0 Å². The number of anilines is 1. The van der Waals surface area contributed by atoms with Gasteiger partial charge < -0.3 is 10.1 Å². The number of nitrogens with one attached hydrogen (secondary N) is 1. The van der Waals surface area contributed by atoms with Gasteiger partial charge in [-0.15, -0.1) is 0 Å². The zero-order valence-corrected chi connectivity index (χ0v) is 18.0. The van der Waals surface area contributed by atoms with Crippen LogP contribution in [0.4, 0.5) is 10.1 Å². The molecule has 1 amide bonds. The van der Waals surface area contributed by atoms with E-state index < -0.39 is 11.7 Å². The molecule has 2 aromatic carbocycles. The lowest BCUT2D eigenvalue weighted by molar-refractivity contribution is 0.102. The fourth-order valence-electron chi connectivity index (χ4n) is 3.70. The number of likely N-dealkylation sites (tertiary alicyclic amines) is 1. The maximum absolute atomic E-state index is 13.7. The van der Waals surface area contributed by atoms with Crippen LogP contribution in [-0.2, 0) is 7.05 Å². The average molecular weight is 443 g/mol. The molecule has 0 atom stereocenters. The van der Waals surface area contributed by atoms with E-state index in [1.54, 1.807) is 16.9 Å². The quantitative estimate of drug-likeness (QED) is 0.580. The van der Waals surface area contributed by atoms with Gasteiger partial charge in [-0.25, -0.2) is 4.39 Å². The summed E-state index contributed by atoms with van der Waals surface area (Å²) in [4.78, 5) is 15.0. The highest BCUT2D eigenvalue weighted by Crippen LogP contribution is 2.33. The number of amides is 1. The Bertz CT molecular complexity index is 1080. The van der Waals surface area contributed by atoms with Crippen LogP contribution < -0.4 is 10.1 Å². The first-order chi connectivity index (χ1) is 15.0. The lowest BCUT2D eigenvalue weighted by atomic mass is 10.1. The molecule has 4 rings (SSSR count). The van der Waals surface area contributed by atoms with E-state index in [1.807, 2.05) is 25.2 Å². The van der Waals surface area contributed by atoms with Crippen molar-refractivity contribution in [1.82, 2.24) is 14.7 Å². The molecule has 2 heterocycles. The summed E-state index contributed by atoms with van der Waals surface area (Å²) in [6, 6.07) is 11.3. The first-order valence-electron chi connectivity index (χ1n) is 10.3. The third-order valence-corrected chi connectivity index (χ3v) is 5.69. The van der Waals surface area contributed by atoms with Crippen molar-refractivity contribution in [1.29, 1.82) is 0 Å². The number of aromatic nitrogens is 2. The number of halogens is 2. The zero-order valence-electron chi connectivity index (χ0n) is 17.3. The number of carbonyl (C=O) groups excluding carboxylic acids is 1. The van der Waals surface area contributed by atoms with E-state index in [4.69, 9.17) is 16.3 Å². The van der Waals surface area contributed by atoms with E-state index in [0.717, 1.165) is 42.7 Å². The van der Waals surface area contributed by atoms with Gasteiger partial charge in [0, 0.05) is 36.6 Å². The molecule has 0 aliphatic carbocycles. The molecule has 162 valence electrons. The second kappa shape index (κ2) is 9.49. The van der Waals surface area contributed by atoms with Crippen LogP contribution in [-0.4, -0.2) is 46.8 Å². The summed E-state index contributed by atoms with van der Waals surface area (Å²) >= 11 is 5.71. The van der Waals surface area contributed by atoms with Crippen molar-refractivity contribution < 1.29 is 13.9 Å². The lowest BCUT2D eigenvalue weighted by Gasteiger charge is -2.17. The number of ether oxygens (including phenoxy) is 1. The van der Waals surface area contributed by atoms with Gasteiger partial charge in [-0.2, -0.15) is 5.10 Å². The number of nitrogens with zero attached hydrogens (tertiary/aromatic N) is 3. The Labute approximate surface area is 185 Å².